The van der Waals surface area contributed by atoms with E-state index in [1.807, 2.05) is 34.9 Å². The van der Waals surface area contributed by atoms with Crippen LogP contribution < -0.4 is 10.6 Å². The molecule has 1 fully saturated rings. The van der Waals surface area contributed by atoms with Gasteiger partial charge < -0.3 is 10.6 Å². The summed E-state index contributed by atoms with van der Waals surface area (Å²) >= 11 is 1.83. The number of hydrogen-bond donors (Lipinski definition) is 1. The lowest BCUT2D eigenvalue weighted by Gasteiger charge is -2.30. The van der Waals surface area contributed by atoms with Crippen molar-refractivity contribution in [3.05, 3.63) is 24.3 Å². The Morgan fingerprint density at radius 2 is 2.15 bits per heavy atom. The molecule has 6 heteroatoms. The van der Waals surface area contributed by atoms with Crippen LogP contribution in [-0.4, -0.2) is 48.8 Å². The third kappa shape index (κ3) is 3.28. The highest BCUT2D eigenvalue weighted by atomic mass is 35.5. The maximum absolute atomic E-state index is 12.5. The summed E-state index contributed by atoms with van der Waals surface area (Å²) in [6, 6.07) is 8.38. The van der Waals surface area contributed by atoms with E-state index in [0.717, 1.165) is 37.5 Å². The van der Waals surface area contributed by atoms with Crippen LogP contribution in [0.4, 0.5) is 5.69 Å². The molecule has 2 aliphatic heterocycles. The molecule has 110 valence electrons. The van der Waals surface area contributed by atoms with Gasteiger partial charge in [0.25, 0.3) is 0 Å². The molecule has 1 amide bonds. The minimum absolute atomic E-state index is 0. The lowest BCUT2D eigenvalue weighted by atomic mass is 10.2. The van der Waals surface area contributed by atoms with Crippen LogP contribution in [0.2, 0.25) is 0 Å². The van der Waals surface area contributed by atoms with Gasteiger partial charge in [-0.25, -0.2) is 0 Å². The van der Waals surface area contributed by atoms with Gasteiger partial charge >= 0.3 is 0 Å². The molecule has 0 aliphatic carbocycles. The summed E-state index contributed by atoms with van der Waals surface area (Å²) in [5.74, 6) is 1.17. The molecule has 2 aliphatic rings. The maximum Gasteiger partial charge on any atom is 0.241 e. The zero-order valence-corrected chi connectivity index (χ0v) is 13.0. The molecule has 1 aromatic rings. The Balaban J connectivity index is 0.00000147. The minimum atomic E-state index is 0. The van der Waals surface area contributed by atoms with Crippen molar-refractivity contribution in [3.63, 3.8) is 0 Å². The summed E-state index contributed by atoms with van der Waals surface area (Å²) in [7, 11) is 0. The number of nitrogens with two attached hydrogens (primary N) is 1. The molecule has 4 nitrogen and oxygen atoms in total. The fourth-order valence-electron chi connectivity index (χ4n) is 2.71. The van der Waals surface area contributed by atoms with Crippen molar-refractivity contribution in [1.29, 1.82) is 0 Å². The summed E-state index contributed by atoms with van der Waals surface area (Å²) in [6.45, 7) is 3.08. The van der Waals surface area contributed by atoms with Crippen molar-refractivity contribution >= 4 is 35.8 Å². The SMILES string of the molecule is Cl.N[C@H]1CCN(CC(=O)N2CCSc3ccccc32)C1. The minimum Gasteiger partial charge on any atom is -0.326 e. The number of fused-ring (bicyclic) bond motifs is 1. The Kier molecular flexibility index (Phi) is 5.32. The van der Waals surface area contributed by atoms with Crippen molar-refractivity contribution in [2.75, 3.05) is 36.8 Å². The van der Waals surface area contributed by atoms with Crippen LogP contribution >= 0.6 is 24.2 Å². The van der Waals surface area contributed by atoms with Crippen molar-refractivity contribution in [2.45, 2.75) is 17.4 Å². The average molecular weight is 314 g/mol. The molecule has 1 saturated heterocycles. The summed E-state index contributed by atoms with van der Waals surface area (Å²) in [4.78, 5) is 17.8. The molecule has 0 aromatic heterocycles. The third-order valence-corrected chi connectivity index (χ3v) is 4.74. The van der Waals surface area contributed by atoms with Gasteiger partial charge in [0.1, 0.15) is 0 Å². The molecule has 2 heterocycles. The second-order valence-corrected chi connectivity index (χ2v) is 6.28. The van der Waals surface area contributed by atoms with Crippen molar-refractivity contribution in [3.8, 4) is 0 Å². The Labute approximate surface area is 130 Å². The monoisotopic (exact) mass is 313 g/mol. The number of amides is 1. The van der Waals surface area contributed by atoms with Gasteiger partial charge in [-0.05, 0) is 18.6 Å². The molecule has 3 rings (SSSR count). The highest BCUT2D eigenvalue weighted by Gasteiger charge is 2.26. The highest BCUT2D eigenvalue weighted by Crippen LogP contribution is 2.34. The van der Waals surface area contributed by atoms with Gasteiger partial charge in [-0.15, -0.1) is 24.2 Å². The first-order valence-corrected chi connectivity index (χ1v) is 7.73. The van der Waals surface area contributed by atoms with E-state index in [0.29, 0.717) is 6.54 Å². The van der Waals surface area contributed by atoms with Gasteiger partial charge in [-0.3, -0.25) is 9.69 Å². The van der Waals surface area contributed by atoms with E-state index in [4.69, 9.17) is 5.73 Å². The average Bonchev–Trinajstić information content (AvgIpc) is 2.83. The Morgan fingerprint density at radius 1 is 1.35 bits per heavy atom. The number of rotatable bonds is 2. The largest absolute Gasteiger partial charge is 0.326 e. The fraction of sp³-hybridized carbons (Fsp3) is 0.500. The van der Waals surface area contributed by atoms with E-state index in [9.17, 15) is 4.79 Å². The number of thioether (sulfide) groups is 1. The smallest absolute Gasteiger partial charge is 0.241 e. The molecule has 0 saturated carbocycles. The number of hydrogen-bond acceptors (Lipinski definition) is 4. The summed E-state index contributed by atoms with van der Waals surface area (Å²) in [5, 5.41) is 0. The standard InChI is InChI=1S/C14H19N3OS.ClH/c15-11-5-6-16(9-11)10-14(18)17-7-8-19-13-4-2-1-3-12(13)17;/h1-4,11H,5-10,15H2;1H/t11-;/m0./s1. The van der Waals surface area contributed by atoms with Crippen LogP contribution in [0.15, 0.2) is 29.2 Å². The predicted molar refractivity (Wildman–Crippen MR) is 85.8 cm³/mol. The molecule has 1 aromatic carbocycles. The number of anilines is 1. The molecule has 0 spiro atoms. The van der Waals surface area contributed by atoms with E-state index < -0.39 is 0 Å². The Bertz CT molecular complexity index is 485. The number of likely N-dealkylation sites (tertiary alicyclic amines) is 1. The summed E-state index contributed by atoms with van der Waals surface area (Å²) in [6.07, 6.45) is 1.000. The molecular formula is C14H20ClN3OS. The van der Waals surface area contributed by atoms with Crippen LogP contribution in [0, 0.1) is 0 Å². The first kappa shape index (κ1) is 15.6. The fourth-order valence-corrected chi connectivity index (χ4v) is 3.71. The highest BCUT2D eigenvalue weighted by molar-refractivity contribution is 7.99. The first-order chi connectivity index (χ1) is 9.24. The Morgan fingerprint density at radius 3 is 2.90 bits per heavy atom. The number of carbonyl (C=O) groups is 1. The molecule has 20 heavy (non-hydrogen) atoms. The number of carbonyl (C=O) groups excluding carboxylic acids is 1. The van der Waals surface area contributed by atoms with Crippen molar-refractivity contribution in [2.24, 2.45) is 5.73 Å². The second kappa shape index (κ2) is 6.80. The van der Waals surface area contributed by atoms with E-state index in [2.05, 4.69) is 11.0 Å². The van der Waals surface area contributed by atoms with Crippen molar-refractivity contribution < 1.29 is 4.79 Å². The molecule has 1 atom stereocenters. The van der Waals surface area contributed by atoms with E-state index >= 15 is 0 Å². The zero-order chi connectivity index (χ0) is 13.2. The van der Waals surface area contributed by atoms with E-state index in [1.165, 1.54) is 4.90 Å². The van der Waals surface area contributed by atoms with Gasteiger partial charge in [-0.1, -0.05) is 12.1 Å². The first-order valence-electron chi connectivity index (χ1n) is 6.74. The number of para-hydroxylation sites is 1. The van der Waals surface area contributed by atoms with Gasteiger partial charge in [0, 0.05) is 36.3 Å². The van der Waals surface area contributed by atoms with Gasteiger partial charge in [0.15, 0.2) is 0 Å². The number of benzene rings is 1. The van der Waals surface area contributed by atoms with Crippen LogP contribution in [0.3, 0.4) is 0 Å². The van der Waals surface area contributed by atoms with Crippen LogP contribution in [0.5, 0.6) is 0 Å². The number of halogens is 1. The molecule has 2 N–H and O–H groups in total. The molecular weight excluding hydrogens is 294 g/mol. The van der Waals surface area contributed by atoms with Crippen LogP contribution in [-0.2, 0) is 4.79 Å². The third-order valence-electron chi connectivity index (χ3n) is 3.70. The quantitative estimate of drug-likeness (QED) is 0.900. The zero-order valence-electron chi connectivity index (χ0n) is 11.3. The van der Waals surface area contributed by atoms with Gasteiger partial charge in [0.05, 0.1) is 12.2 Å². The predicted octanol–water partition coefficient (Wildman–Crippen LogP) is 1.58. The topological polar surface area (TPSA) is 49.6 Å². The summed E-state index contributed by atoms with van der Waals surface area (Å²) in [5.41, 5.74) is 6.95. The van der Waals surface area contributed by atoms with Gasteiger partial charge in [-0.2, -0.15) is 0 Å². The normalized spacial score (nSPS) is 22.2. The lowest BCUT2D eigenvalue weighted by Crippen LogP contribution is -2.42. The van der Waals surface area contributed by atoms with E-state index in [-0.39, 0.29) is 24.4 Å². The van der Waals surface area contributed by atoms with E-state index in [1.54, 1.807) is 0 Å². The van der Waals surface area contributed by atoms with Crippen molar-refractivity contribution in [1.82, 2.24) is 4.90 Å². The number of nitrogens with zero attached hydrogens (tertiary/aromatic N) is 2. The maximum atomic E-state index is 12.5. The lowest BCUT2D eigenvalue weighted by molar-refractivity contribution is -0.119. The Hall–Kier alpha value is -0.750. The second-order valence-electron chi connectivity index (χ2n) is 5.15. The summed E-state index contributed by atoms with van der Waals surface area (Å²) < 4.78 is 0. The molecule has 0 unspecified atom stereocenters. The van der Waals surface area contributed by atoms with Gasteiger partial charge in [0.2, 0.25) is 5.91 Å². The van der Waals surface area contributed by atoms with Crippen LogP contribution in [0.1, 0.15) is 6.42 Å². The molecule has 0 bridgehead atoms. The molecule has 0 radical (unpaired) electrons. The van der Waals surface area contributed by atoms with Crippen LogP contribution in [0.25, 0.3) is 0 Å².